The molecule has 110 valence electrons. The maximum atomic E-state index is 12.3. The minimum absolute atomic E-state index is 0.121. The molecule has 3 rings (SSSR count). The van der Waals surface area contributed by atoms with Gasteiger partial charge in [0.05, 0.1) is 11.7 Å². The van der Waals surface area contributed by atoms with Crippen LogP contribution in [0.25, 0.3) is 11.3 Å². The van der Waals surface area contributed by atoms with E-state index in [1.807, 2.05) is 49.4 Å². The Balaban J connectivity index is 1.72. The molecular formula is C17H16N4O. The van der Waals surface area contributed by atoms with Gasteiger partial charge in [-0.1, -0.05) is 36.4 Å². The average Bonchev–Trinajstić information content (AvgIpc) is 3.06. The Kier molecular flexibility index (Phi) is 3.96. The van der Waals surface area contributed by atoms with Gasteiger partial charge in [-0.2, -0.15) is 5.10 Å². The zero-order valence-corrected chi connectivity index (χ0v) is 12.2. The molecule has 0 saturated carbocycles. The van der Waals surface area contributed by atoms with Crippen LogP contribution in [0, 0.1) is 0 Å². The van der Waals surface area contributed by atoms with Crippen molar-refractivity contribution < 1.29 is 4.79 Å². The summed E-state index contributed by atoms with van der Waals surface area (Å²) in [6.07, 6.45) is 3.45. The van der Waals surface area contributed by atoms with E-state index in [0.29, 0.717) is 5.69 Å². The molecule has 0 radical (unpaired) electrons. The van der Waals surface area contributed by atoms with E-state index in [2.05, 4.69) is 20.5 Å². The quantitative estimate of drug-likeness (QED) is 0.776. The molecule has 1 aromatic carbocycles. The zero-order valence-electron chi connectivity index (χ0n) is 12.2. The summed E-state index contributed by atoms with van der Waals surface area (Å²) in [6.45, 7) is 1.92. The number of pyridine rings is 1. The number of aromatic amines is 1. The summed E-state index contributed by atoms with van der Waals surface area (Å²) in [7, 11) is 0. The van der Waals surface area contributed by atoms with Gasteiger partial charge in [0.2, 0.25) is 0 Å². The van der Waals surface area contributed by atoms with Crippen LogP contribution in [0.2, 0.25) is 0 Å². The maximum Gasteiger partial charge on any atom is 0.269 e. The summed E-state index contributed by atoms with van der Waals surface area (Å²) >= 11 is 0. The Hall–Kier alpha value is -2.95. The van der Waals surface area contributed by atoms with Crippen molar-refractivity contribution in [2.24, 2.45) is 0 Å². The minimum Gasteiger partial charge on any atom is -0.344 e. The first-order valence-electron chi connectivity index (χ1n) is 7.05. The van der Waals surface area contributed by atoms with Gasteiger partial charge in [0.15, 0.2) is 0 Å². The van der Waals surface area contributed by atoms with Gasteiger partial charge < -0.3 is 5.32 Å². The van der Waals surface area contributed by atoms with Gasteiger partial charge in [-0.05, 0) is 24.6 Å². The lowest BCUT2D eigenvalue weighted by Crippen LogP contribution is -2.27. The molecule has 1 unspecified atom stereocenters. The SMILES string of the molecule is CC(NC(=O)c1cc(-c2ccccc2)n[nH]1)c1cccnc1. The molecule has 0 spiro atoms. The molecular weight excluding hydrogens is 276 g/mol. The molecule has 0 aliphatic heterocycles. The van der Waals surface area contributed by atoms with Gasteiger partial charge in [0.1, 0.15) is 5.69 Å². The lowest BCUT2D eigenvalue weighted by Gasteiger charge is -2.12. The normalized spacial score (nSPS) is 11.9. The van der Waals surface area contributed by atoms with Crippen LogP contribution in [0.15, 0.2) is 60.9 Å². The van der Waals surface area contributed by atoms with E-state index >= 15 is 0 Å². The molecule has 1 amide bonds. The average molecular weight is 292 g/mol. The molecule has 2 N–H and O–H groups in total. The number of hydrogen-bond donors (Lipinski definition) is 2. The molecule has 1 atom stereocenters. The molecule has 22 heavy (non-hydrogen) atoms. The summed E-state index contributed by atoms with van der Waals surface area (Å²) < 4.78 is 0. The predicted octanol–water partition coefficient (Wildman–Crippen LogP) is 2.96. The number of aromatic nitrogens is 3. The van der Waals surface area contributed by atoms with E-state index in [-0.39, 0.29) is 11.9 Å². The fourth-order valence-electron chi connectivity index (χ4n) is 2.18. The molecule has 0 fully saturated rings. The Labute approximate surface area is 128 Å². The number of H-pyrrole nitrogens is 1. The highest BCUT2D eigenvalue weighted by Crippen LogP contribution is 2.17. The van der Waals surface area contributed by atoms with Crippen molar-refractivity contribution in [3.63, 3.8) is 0 Å². The monoisotopic (exact) mass is 292 g/mol. The van der Waals surface area contributed by atoms with Crippen LogP contribution in [0.1, 0.15) is 29.0 Å². The topological polar surface area (TPSA) is 70.7 Å². The lowest BCUT2D eigenvalue weighted by atomic mass is 10.1. The van der Waals surface area contributed by atoms with E-state index in [1.165, 1.54) is 0 Å². The highest BCUT2D eigenvalue weighted by molar-refractivity contribution is 5.93. The van der Waals surface area contributed by atoms with E-state index in [1.54, 1.807) is 18.5 Å². The van der Waals surface area contributed by atoms with Gasteiger partial charge >= 0.3 is 0 Å². The third kappa shape index (κ3) is 3.03. The smallest absolute Gasteiger partial charge is 0.269 e. The van der Waals surface area contributed by atoms with Crippen LogP contribution >= 0.6 is 0 Å². The van der Waals surface area contributed by atoms with E-state index in [4.69, 9.17) is 0 Å². The lowest BCUT2D eigenvalue weighted by molar-refractivity contribution is 0.0935. The fourth-order valence-corrected chi connectivity index (χ4v) is 2.18. The largest absolute Gasteiger partial charge is 0.344 e. The van der Waals surface area contributed by atoms with Crippen LogP contribution < -0.4 is 5.32 Å². The van der Waals surface area contributed by atoms with Crippen molar-refractivity contribution in [1.29, 1.82) is 0 Å². The van der Waals surface area contributed by atoms with E-state index < -0.39 is 0 Å². The van der Waals surface area contributed by atoms with Crippen molar-refractivity contribution in [3.05, 3.63) is 72.2 Å². The van der Waals surface area contributed by atoms with Crippen molar-refractivity contribution in [1.82, 2.24) is 20.5 Å². The number of amides is 1. The number of nitrogens with zero attached hydrogens (tertiary/aromatic N) is 2. The van der Waals surface area contributed by atoms with Crippen LogP contribution in [-0.4, -0.2) is 21.1 Å². The number of hydrogen-bond acceptors (Lipinski definition) is 3. The summed E-state index contributed by atoms with van der Waals surface area (Å²) in [4.78, 5) is 16.3. The first kappa shape index (κ1) is 14.0. The van der Waals surface area contributed by atoms with E-state index in [0.717, 1.165) is 16.8 Å². The first-order chi connectivity index (χ1) is 10.7. The number of benzene rings is 1. The van der Waals surface area contributed by atoms with Gasteiger partial charge in [0.25, 0.3) is 5.91 Å². The molecule has 0 aliphatic carbocycles. The standard InChI is InChI=1S/C17H16N4O/c1-12(14-8-5-9-18-11-14)19-17(22)16-10-15(20-21-16)13-6-3-2-4-7-13/h2-12H,1H3,(H,19,22)(H,20,21). The number of nitrogens with one attached hydrogen (secondary N) is 2. The second kappa shape index (κ2) is 6.22. The molecule has 2 heterocycles. The number of rotatable bonds is 4. The number of carbonyl (C=O) groups is 1. The third-order valence-corrected chi connectivity index (χ3v) is 3.42. The van der Waals surface area contributed by atoms with Crippen molar-refractivity contribution in [2.75, 3.05) is 0 Å². The van der Waals surface area contributed by atoms with Crippen LogP contribution in [0.3, 0.4) is 0 Å². The Bertz CT molecular complexity index is 753. The van der Waals surface area contributed by atoms with Crippen LogP contribution in [0.5, 0.6) is 0 Å². The summed E-state index contributed by atoms with van der Waals surface area (Å²) in [5.41, 5.74) is 3.12. The van der Waals surface area contributed by atoms with Gasteiger partial charge in [-0.15, -0.1) is 0 Å². The molecule has 0 saturated heterocycles. The highest BCUT2D eigenvalue weighted by atomic mass is 16.2. The van der Waals surface area contributed by atoms with Gasteiger partial charge in [-0.25, -0.2) is 0 Å². The predicted molar refractivity (Wildman–Crippen MR) is 84.1 cm³/mol. The van der Waals surface area contributed by atoms with Crippen molar-refractivity contribution in [2.45, 2.75) is 13.0 Å². The number of carbonyl (C=O) groups excluding carboxylic acids is 1. The van der Waals surface area contributed by atoms with Crippen LogP contribution in [-0.2, 0) is 0 Å². The second-order valence-corrected chi connectivity index (χ2v) is 5.01. The summed E-state index contributed by atoms with van der Waals surface area (Å²) in [6, 6.07) is 15.1. The maximum absolute atomic E-state index is 12.3. The van der Waals surface area contributed by atoms with Crippen LogP contribution in [0.4, 0.5) is 0 Å². The molecule has 0 bridgehead atoms. The summed E-state index contributed by atoms with van der Waals surface area (Å²) in [5.74, 6) is -0.189. The zero-order chi connectivity index (χ0) is 15.4. The van der Waals surface area contributed by atoms with Crippen molar-refractivity contribution >= 4 is 5.91 Å². The fraction of sp³-hybridized carbons (Fsp3) is 0.118. The van der Waals surface area contributed by atoms with Crippen molar-refractivity contribution in [3.8, 4) is 11.3 Å². The Morgan fingerprint density at radius 1 is 1.18 bits per heavy atom. The second-order valence-electron chi connectivity index (χ2n) is 5.01. The molecule has 0 aliphatic rings. The first-order valence-corrected chi connectivity index (χ1v) is 7.05. The van der Waals surface area contributed by atoms with E-state index in [9.17, 15) is 4.79 Å². The molecule has 3 aromatic rings. The third-order valence-electron chi connectivity index (χ3n) is 3.42. The molecule has 5 heteroatoms. The Morgan fingerprint density at radius 2 is 2.00 bits per heavy atom. The van der Waals surface area contributed by atoms with Gasteiger partial charge in [0, 0.05) is 18.0 Å². The highest BCUT2D eigenvalue weighted by Gasteiger charge is 2.14. The summed E-state index contributed by atoms with van der Waals surface area (Å²) in [5, 5.41) is 9.90. The molecule has 2 aromatic heterocycles. The Morgan fingerprint density at radius 3 is 2.73 bits per heavy atom. The van der Waals surface area contributed by atoms with Gasteiger partial charge in [-0.3, -0.25) is 14.9 Å². The molecule has 5 nitrogen and oxygen atoms in total. The minimum atomic E-state index is -0.189.